The first-order valence-corrected chi connectivity index (χ1v) is 6.99. The van der Waals surface area contributed by atoms with Crippen LogP contribution in [-0.2, 0) is 6.42 Å². The van der Waals surface area contributed by atoms with Crippen LogP contribution in [0.2, 0.25) is 0 Å². The highest BCUT2D eigenvalue weighted by atomic mass is 15.3. The standard InChI is InChI=1S/C14H23N5/c1-4-11-8-13(16-7-5-6-15)19-14(17-11)9-12(18-19)10(2)3/h8-10,16H,4-7,15H2,1-3H3. The molecule has 0 aromatic carbocycles. The number of fused-ring (bicyclic) bond motifs is 1. The summed E-state index contributed by atoms with van der Waals surface area (Å²) in [5.74, 6) is 1.41. The summed E-state index contributed by atoms with van der Waals surface area (Å²) >= 11 is 0. The molecule has 3 N–H and O–H groups in total. The molecule has 0 amide bonds. The fourth-order valence-corrected chi connectivity index (χ4v) is 1.95. The van der Waals surface area contributed by atoms with E-state index in [1.165, 1.54) is 0 Å². The van der Waals surface area contributed by atoms with Gasteiger partial charge in [0.15, 0.2) is 5.65 Å². The van der Waals surface area contributed by atoms with Gasteiger partial charge in [0.25, 0.3) is 0 Å². The minimum absolute atomic E-state index is 0.406. The Morgan fingerprint density at radius 2 is 2.16 bits per heavy atom. The Hall–Kier alpha value is -1.62. The fourth-order valence-electron chi connectivity index (χ4n) is 1.95. The first-order chi connectivity index (χ1) is 9.15. The molecule has 0 fully saturated rings. The van der Waals surface area contributed by atoms with Crippen molar-refractivity contribution < 1.29 is 0 Å². The summed E-state index contributed by atoms with van der Waals surface area (Å²) < 4.78 is 1.89. The van der Waals surface area contributed by atoms with Crippen molar-refractivity contribution in [3.05, 3.63) is 23.5 Å². The van der Waals surface area contributed by atoms with E-state index in [1.54, 1.807) is 0 Å². The van der Waals surface area contributed by atoms with Crippen LogP contribution in [0.3, 0.4) is 0 Å². The molecule has 0 saturated heterocycles. The zero-order valence-electron chi connectivity index (χ0n) is 12.0. The van der Waals surface area contributed by atoms with Crippen molar-refractivity contribution in [2.45, 2.75) is 39.5 Å². The maximum Gasteiger partial charge on any atom is 0.157 e. The predicted molar refractivity (Wildman–Crippen MR) is 78.6 cm³/mol. The van der Waals surface area contributed by atoms with Crippen molar-refractivity contribution in [2.24, 2.45) is 5.73 Å². The molecule has 0 aliphatic carbocycles. The van der Waals surface area contributed by atoms with Crippen LogP contribution in [0.15, 0.2) is 12.1 Å². The Labute approximate surface area is 114 Å². The van der Waals surface area contributed by atoms with Crippen LogP contribution in [-0.4, -0.2) is 27.7 Å². The average molecular weight is 261 g/mol. The molecule has 0 aliphatic heterocycles. The van der Waals surface area contributed by atoms with E-state index in [-0.39, 0.29) is 0 Å². The Morgan fingerprint density at radius 3 is 2.79 bits per heavy atom. The van der Waals surface area contributed by atoms with Crippen LogP contribution in [0, 0.1) is 0 Å². The summed E-state index contributed by atoms with van der Waals surface area (Å²) in [4.78, 5) is 4.62. The van der Waals surface area contributed by atoms with Gasteiger partial charge in [-0.25, -0.2) is 4.98 Å². The third-order valence-electron chi connectivity index (χ3n) is 3.14. The normalized spacial score (nSPS) is 11.4. The van der Waals surface area contributed by atoms with E-state index in [1.807, 2.05) is 4.52 Å². The zero-order valence-corrected chi connectivity index (χ0v) is 12.0. The summed E-state index contributed by atoms with van der Waals surface area (Å²) in [6.07, 6.45) is 1.87. The molecule has 104 valence electrons. The zero-order chi connectivity index (χ0) is 13.8. The maximum atomic E-state index is 5.53. The highest BCUT2D eigenvalue weighted by Gasteiger charge is 2.10. The molecule has 5 heteroatoms. The van der Waals surface area contributed by atoms with Gasteiger partial charge in [0.05, 0.1) is 5.69 Å². The monoisotopic (exact) mass is 261 g/mol. The van der Waals surface area contributed by atoms with Gasteiger partial charge in [-0.05, 0) is 25.3 Å². The van der Waals surface area contributed by atoms with Gasteiger partial charge < -0.3 is 11.1 Å². The molecule has 2 aromatic heterocycles. The first-order valence-electron chi connectivity index (χ1n) is 6.99. The molecule has 0 bridgehead atoms. The minimum Gasteiger partial charge on any atom is -0.370 e. The number of nitrogens with two attached hydrogens (primary N) is 1. The van der Waals surface area contributed by atoms with Crippen molar-refractivity contribution in [3.8, 4) is 0 Å². The third kappa shape index (κ3) is 3.04. The van der Waals surface area contributed by atoms with E-state index in [0.29, 0.717) is 12.5 Å². The SMILES string of the molecule is CCc1cc(NCCCN)n2nc(C(C)C)cc2n1. The van der Waals surface area contributed by atoms with E-state index in [2.05, 4.69) is 48.3 Å². The quantitative estimate of drug-likeness (QED) is 0.782. The molecule has 5 nitrogen and oxygen atoms in total. The number of hydrogen-bond donors (Lipinski definition) is 2. The van der Waals surface area contributed by atoms with E-state index in [4.69, 9.17) is 5.73 Å². The van der Waals surface area contributed by atoms with Crippen molar-refractivity contribution in [3.63, 3.8) is 0 Å². The Morgan fingerprint density at radius 1 is 1.37 bits per heavy atom. The lowest BCUT2D eigenvalue weighted by Gasteiger charge is -2.09. The minimum atomic E-state index is 0.406. The molecule has 2 rings (SSSR count). The largest absolute Gasteiger partial charge is 0.370 e. The van der Waals surface area contributed by atoms with Gasteiger partial charge in [0.2, 0.25) is 0 Å². The number of anilines is 1. The molecule has 0 spiro atoms. The van der Waals surface area contributed by atoms with Crippen LogP contribution in [0.5, 0.6) is 0 Å². The van der Waals surface area contributed by atoms with Gasteiger partial charge in [-0.2, -0.15) is 9.61 Å². The Kier molecular flexibility index (Phi) is 4.37. The molecule has 2 aromatic rings. The number of rotatable bonds is 6. The van der Waals surface area contributed by atoms with E-state index in [0.717, 1.165) is 42.2 Å². The van der Waals surface area contributed by atoms with Gasteiger partial charge in [0, 0.05) is 24.4 Å². The smallest absolute Gasteiger partial charge is 0.157 e. The summed E-state index contributed by atoms with van der Waals surface area (Å²) in [6.45, 7) is 7.95. The fraction of sp³-hybridized carbons (Fsp3) is 0.571. The molecule has 0 radical (unpaired) electrons. The van der Waals surface area contributed by atoms with Crippen LogP contribution in [0.4, 0.5) is 5.82 Å². The molecule has 0 unspecified atom stereocenters. The molecule has 0 saturated carbocycles. The van der Waals surface area contributed by atoms with Crippen LogP contribution < -0.4 is 11.1 Å². The summed E-state index contributed by atoms with van der Waals surface area (Å²) in [5, 5.41) is 8.02. The Bertz CT molecular complexity index is 544. The number of nitrogens with zero attached hydrogens (tertiary/aromatic N) is 3. The number of nitrogens with one attached hydrogen (secondary N) is 1. The predicted octanol–water partition coefficient (Wildman–Crippen LogP) is 2.18. The molecular formula is C14H23N5. The second-order valence-corrected chi connectivity index (χ2v) is 5.05. The summed E-state index contributed by atoms with van der Waals surface area (Å²) in [5.41, 5.74) is 8.60. The molecule has 0 aliphatic rings. The van der Waals surface area contributed by atoms with E-state index in [9.17, 15) is 0 Å². The van der Waals surface area contributed by atoms with Crippen LogP contribution in [0.25, 0.3) is 5.65 Å². The number of aromatic nitrogens is 3. The van der Waals surface area contributed by atoms with Crippen molar-refractivity contribution >= 4 is 11.5 Å². The average Bonchev–Trinajstić information content (AvgIpc) is 2.83. The van der Waals surface area contributed by atoms with Crippen LogP contribution >= 0.6 is 0 Å². The van der Waals surface area contributed by atoms with Gasteiger partial charge in [-0.1, -0.05) is 20.8 Å². The van der Waals surface area contributed by atoms with E-state index < -0.39 is 0 Å². The van der Waals surface area contributed by atoms with Crippen LogP contribution in [0.1, 0.15) is 44.5 Å². The molecule has 0 atom stereocenters. The lowest BCUT2D eigenvalue weighted by Crippen LogP contribution is -2.12. The topological polar surface area (TPSA) is 68.2 Å². The molecule has 2 heterocycles. The Balaban J connectivity index is 2.40. The highest BCUT2D eigenvalue weighted by Crippen LogP contribution is 2.19. The van der Waals surface area contributed by atoms with Gasteiger partial charge in [0.1, 0.15) is 5.82 Å². The lowest BCUT2D eigenvalue weighted by atomic mass is 10.1. The molecule has 19 heavy (non-hydrogen) atoms. The van der Waals surface area contributed by atoms with Gasteiger partial charge in [-0.15, -0.1) is 0 Å². The third-order valence-corrected chi connectivity index (χ3v) is 3.14. The first kappa shape index (κ1) is 13.8. The molecular weight excluding hydrogens is 238 g/mol. The number of aryl methyl sites for hydroxylation is 1. The second kappa shape index (κ2) is 6.02. The van der Waals surface area contributed by atoms with Crippen molar-refractivity contribution in [2.75, 3.05) is 18.4 Å². The summed E-state index contributed by atoms with van der Waals surface area (Å²) in [6, 6.07) is 4.14. The van der Waals surface area contributed by atoms with E-state index >= 15 is 0 Å². The second-order valence-electron chi connectivity index (χ2n) is 5.05. The van der Waals surface area contributed by atoms with Crippen molar-refractivity contribution in [1.82, 2.24) is 14.6 Å². The maximum absolute atomic E-state index is 5.53. The van der Waals surface area contributed by atoms with Crippen molar-refractivity contribution in [1.29, 1.82) is 0 Å². The number of hydrogen-bond acceptors (Lipinski definition) is 4. The van der Waals surface area contributed by atoms with Gasteiger partial charge in [-0.3, -0.25) is 0 Å². The lowest BCUT2D eigenvalue weighted by molar-refractivity contribution is 0.781. The summed E-state index contributed by atoms with van der Waals surface area (Å²) in [7, 11) is 0. The van der Waals surface area contributed by atoms with Gasteiger partial charge >= 0.3 is 0 Å². The highest BCUT2D eigenvalue weighted by molar-refractivity contribution is 5.51.